The first-order valence-electron chi connectivity index (χ1n) is 12.3. The van der Waals surface area contributed by atoms with Crippen molar-refractivity contribution in [1.82, 2.24) is 25.2 Å². The Morgan fingerprint density at radius 1 is 1.17 bits per heavy atom. The molecule has 1 aliphatic heterocycles. The molecule has 1 aliphatic carbocycles. The Labute approximate surface area is 208 Å². The highest BCUT2D eigenvalue weighted by molar-refractivity contribution is 6.09. The van der Waals surface area contributed by atoms with Crippen molar-refractivity contribution in [3.05, 3.63) is 35.5 Å². The molecule has 190 valence electrons. The second kappa shape index (κ2) is 9.75. The second-order valence-corrected chi connectivity index (χ2v) is 9.56. The van der Waals surface area contributed by atoms with Crippen LogP contribution < -0.4 is 14.8 Å². The minimum Gasteiger partial charge on any atom is -0.494 e. The fourth-order valence-electron chi connectivity index (χ4n) is 4.69. The third kappa shape index (κ3) is 4.72. The molecule has 2 amide bonds. The first-order valence-corrected chi connectivity index (χ1v) is 12.3. The molecule has 2 aromatic heterocycles. The maximum absolute atomic E-state index is 14.5. The number of amides is 2. The molecule has 3 heterocycles. The van der Waals surface area contributed by atoms with Crippen LogP contribution >= 0.6 is 0 Å². The summed E-state index contributed by atoms with van der Waals surface area (Å²) in [6, 6.07) is 2.86. The average molecular weight is 496 g/mol. The van der Waals surface area contributed by atoms with Crippen LogP contribution in [0.3, 0.4) is 0 Å². The number of hydrogen-bond acceptors (Lipinski definition) is 6. The predicted molar refractivity (Wildman–Crippen MR) is 132 cm³/mol. The predicted octanol–water partition coefficient (Wildman–Crippen LogP) is 3.61. The van der Waals surface area contributed by atoms with E-state index in [0.717, 1.165) is 12.8 Å². The normalized spacial score (nSPS) is 16.3. The van der Waals surface area contributed by atoms with Crippen LogP contribution in [0, 0.1) is 18.7 Å². The SMILES string of the molecule is COc1cc(-c2ncnc3c(C(=O)NC4CCN(C(C)=O)CC4)c(C)[nH]c23)c(OCC2CC2)cc1F. The van der Waals surface area contributed by atoms with Crippen LogP contribution in [0.1, 0.15) is 48.7 Å². The van der Waals surface area contributed by atoms with E-state index < -0.39 is 5.82 Å². The van der Waals surface area contributed by atoms with Crippen LogP contribution in [-0.4, -0.2) is 64.5 Å². The third-order valence-electron chi connectivity index (χ3n) is 6.95. The molecule has 0 unspecified atom stereocenters. The number of H-pyrrole nitrogens is 1. The van der Waals surface area contributed by atoms with E-state index in [1.807, 2.05) is 6.92 Å². The van der Waals surface area contributed by atoms with Crippen molar-refractivity contribution >= 4 is 22.8 Å². The zero-order valence-electron chi connectivity index (χ0n) is 20.7. The van der Waals surface area contributed by atoms with Crippen molar-refractivity contribution in [1.29, 1.82) is 0 Å². The van der Waals surface area contributed by atoms with Crippen molar-refractivity contribution in [2.45, 2.75) is 45.6 Å². The number of nitrogens with zero attached hydrogens (tertiary/aromatic N) is 3. The van der Waals surface area contributed by atoms with E-state index in [9.17, 15) is 14.0 Å². The van der Waals surface area contributed by atoms with Gasteiger partial charge in [0.15, 0.2) is 11.6 Å². The van der Waals surface area contributed by atoms with Crippen molar-refractivity contribution in [3.63, 3.8) is 0 Å². The molecule has 0 bridgehead atoms. The smallest absolute Gasteiger partial charge is 0.255 e. The summed E-state index contributed by atoms with van der Waals surface area (Å²) in [6.07, 6.45) is 5.00. The van der Waals surface area contributed by atoms with E-state index >= 15 is 0 Å². The Hall–Kier alpha value is -3.69. The summed E-state index contributed by atoms with van der Waals surface area (Å²) < 4.78 is 25.7. The molecule has 1 saturated carbocycles. The maximum Gasteiger partial charge on any atom is 0.255 e. The number of rotatable bonds is 7. The Bertz CT molecular complexity index is 1310. The molecule has 36 heavy (non-hydrogen) atoms. The van der Waals surface area contributed by atoms with Crippen LogP contribution in [0.4, 0.5) is 4.39 Å². The summed E-state index contributed by atoms with van der Waals surface area (Å²) in [5, 5.41) is 3.10. The number of carbonyl (C=O) groups excluding carboxylic acids is 2. The fraction of sp³-hybridized carbons (Fsp3) is 0.462. The number of hydrogen-bond donors (Lipinski definition) is 2. The number of aromatic nitrogens is 3. The number of fused-ring (bicyclic) bond motifs is 1. The molecule has 1 saturated heterocycles. The number of ether oxygens (including phenoxy) is 2. The number of aromatic amines is 1. The van der Waals surface area contributed by atoms with E-state index in [1.54, 1.807) is 17.9 Å². The van der Waals surface area contributed by atoms with Gasteiger partial charge in [0.25, 0.3) is 5.91 Å². The zero-order valence-corrected chi connectivity index (χ0v) is 20.7. The topological polar surface area (TPSA) is 109 Å². The maximum atomic E-state index is 14.5. The van der Waals surface area contributed by atoms with Gasteiger partial charge in [0.05, 0.1) is 24.8 Å². The van der Waals surface area contributed by atoms with Crippen molar-refractivity contribution in [2.24, 2.45) is 5.92 Å². The van der Waals surface area contributed by atoms with Gasteiger partial charge in [-0.15, -0.1) is 0 Å². The number of piperidine rings is 1. The summed E-state index contributed by atoms with van der Waals surface area (Å²) >= 11 is 0. The lowest BCUT2D eigenvalue weighted by Crippen LogP contribution is -2.46. The van der Waals surface area contributed by atoms with Crippen LogP contribution in [0.5, 0.6) is 11.5 Å². The lowest BCUT2D eigenvalue weighted by Gasteiger charge is -2.31. The Morgan fingerprint density at radius 3 is 2.58 bits per heavy atom. The minimum atomic E-state index is -0.518. The van der Waals surface area contributed by atoms with Crippen LogP contribution in [0.15, 0.2) is 18.5 Å². The van der Waals surface area contributed by atoms with Gasteiger partial charge >= 0.3 is 0 Å². The molecule has 3 aromatic rings. The van der Waals surface area contributed by atoms with Crippen LogP contribution in [-0.2, 0) is 4.79 Å². The van der Waals surface area contributed by atoms with Crippen molar-refractivity contribution in [3.8, 4) is 22.8 Å². The highest BCUT2D eigenvalue weighted by Gasteiger charge is 2.27. The van der Waals surface area contributed by atoms with Crippen molar-refractivity contribution < 1.29 is 23.5 Å². The van der Waals surface area contributed by atoms with Gasteiger partial charge in [-0.25, -0.2) is 14.4 Å². The summed E-state index contributed by atoms with van der Waals surface area (Å²) in [6.45, 7) is 5.12. The number of aryl methyl sites for hydroxylation is 1. The monoisotopic (exact) mass is 495 g/mol. The van der Waals surface area contributed by atoms with E-state index in [2.05, 4.69) is 20.3 Å². The number of nitrogens with one attached hydrogen (secondary N) is 2. The Kier molecular flexibility index (Phi) is 6.51. The highest BCUT2D eigenvalue weighted by Crippen LogP contribution is 2.39. The molecular weight excluding hydrogens is 465 g/mol. The molecule has 2 N–H and O–H groups in total. The largest absolute Gasteiger partial charge is 0.494 e. The van der Waals surface area contributed by atoms with E-state index in [1.165, 1.54) is 19.5 Å². The summed E-state index contributed by atoms with van der Waals surface area (Å²) in [5.74, 6) is 0.236. The standard InChI is InChI=1S/C26H30FN5O4/c1-14-22(26(34)31-17-6-8-32(9-7-17)15(2)33)24-25(30-14)23(28-13-29-24)18-10-21(35-3)19(27)11-20(18)36-12-16-4-5-16/h10-11,13,16-17,30H,4-9,12H2,1-3H3,(H,31,34). The molecule has 5 rings (SSSR count). The quantitative estimate of drug-likeness (QED) is 0.518. The number of likely N-dealkylation sites (tertiary alicyclic amines) is 1. The Balaban J connectivity index is 1.47. The first-order chi connectivity index (χ1) is 17.4. The number of methoxy groups -OCH3 is 1. The zero-order chi connectivity index (χ0) is 25.4. The summed E-state index contributed by atoms with van der Waals surface area (Å²) in [4.78, 5) is 38.8. The van der Waals surface area contributed by atoms with Crippen LogP contribution in [0.25, 0.3) is 22.3 Å². The van der Waals surface area contributed by atoms with Gasteiger partial charge in [0.2, 0.25) is 5.91 Å². The van der Waals surface area contributed by atoms with Gasteiger partial charge in [-0.3, -0.25) is 9.59 Å². The van der Waals surface area contributed by atoms with E-state index in [4.69, 9.17) is 9.47 Å². The molecule has 0 spiro atoms. The lowest BCUT2D eigenvalue weighted by molar-refractivity contribution is -0.129. The number of benzene rings is 1. The number of halogens is 1. The second-order valence-electron chi connectivity index (χ2n) is 9.56. The molecule has 2 fully saturated rings. The molecule has 2 aliphatic rings. The molecular formula is C26H30FN5O4. The summed E-state index contributed by atoms with van der Waals surface area (Å²) in [7, 11) is 1.41. The first kappa shape index (κ1) is 24.0. The molecule has 1 aromatic carbocycles. The van der Waals surface area contributed by atoms with Crippen molar-refractivity contribution in [2.75, 3.05) is 26.8 Å². The molecule has 0 atom stereocenters. The van der Waals surface area contributed by atoms with E-state index in [-0.39, 0.29) is 23.6 Å². The number of carbonyl (C=O) groups is 2. The van der Waals surface area contributed by atoms with Gasteiger partial charge in [-0.05, 0) is 44.6 Å². The van der Waals surface area contributed by atoms with E-state index in [0.29, 0.717) is 77.8 Å². The molecule has 0 radical (unpaired) electrons. The fourth-order valence-corrected chi connectivity index (χ4v) is 4.69. The van der Waals surface area contributed by atoms with Gasteiger partial charge in [0.1, 0.15) is 23.3 Å². The third-order valence-corrected chi connectivity index (χ3v) is 6.95. The van der Waals surface area contributed by atoms with Gasteiger partial charge < -0.3 is 24.7 Å². The van der Waals surface area contributed by atoms with Gasteiger partial charge in [-0.2, -0.15) is 0 Å². The summed E-state index contributed by atoms with van der Waals surface area (Å²) in [5.41, 5.74) is 3.20. The van der Waals surface area contributed by atoms with Gasteiger partial charge in [-0.1, -0.05) is 0 Å². The minimum absolute atomic E-state index is 0.0254. The molecule has 10 heteroatoms. The lowest BCUT2D eigenvalue weighted by atomic mass is 10.0. The average Bonchev–Trinajstić information content (AvgIpc) is 3.62. The molecule has 9 nitrogen and oxygen atoms in total. The van der Waals surface area contributed by atoms with Crippen LogP contribution in [0.2, 0.25) is 0 Å². The Morgan fingerprint density at radius 2 is 1.92 bits per heavy atom. The highest BCUT2D eigenvalue weighted by atomic mass is 19.1. The van der Waals surface area contributed by atoms with Gasteiger partial charge in [0, 0.05) is 43.4 Å².